The summed E-state index contributed by atoms with van der Waals surface area (Å²) in [5.74, 6) is -2.00. The third-order valence-corrected chi connectivity index (χ3v) is 2.49. The SMILES string of the molecule is O=C(Cc1nc(-c2cccc(C(F)(F)F)c2)no1)C(F)F. The molecule has 0 aliphatic rings. The Morgan fingerprint density at radius 3 is 2.62 bits per heavy atom. The number of nitrogens with zero attached hydrogens (tertiary/aromatic N) is 2. The number of aromatic nitrogens is 2. The summed E-state index contributed by atoms with van der Waals surface area (Å²) >= 11 is 0. The van der Waals surface area contributed by atoms with Crippen molar-refractivity contribution >= 4 is 5.78 Å². The smallest absolute Gasteiger partial charge is 0.338 e. The summed E-state index contributed by atoms with van der Waals surface area (Å²) in [5, 5.41) is 3.37. The molecule has 1 aromatic carbocycles. The van der Waals surface area contributed by atoms with E-state index >= 15 is 0 Å². The van der Waals surface area contributed by atoms with Gasteiger partial charge in [0.1, 0.15) is 0 Å². The lowest BCUT2D eigenvalue weighted by Gasteiger charge is -2.06. The van der Waals surface area contributed by atoms with E-state index in [2.05, 4.69) is 14.7 Å². The Kier molecular flexibility index (Phi) is 4.01. The largest absolute Gasteiger partial charge is 0.416 e. The van der Waals surface area contributed by atoms with Gasteiger partial charge in [0.15, 0.2) is 0 Å². The molecule has 21 heavy (non-hydrogen) atoms. The predicted molar refractivity (Wildman–Crippen MR) is 59.5 cm³/mol. The number of hydrogen-bond acceptors (Lipinski definition) is 4. The van der Waals surface area contributed by atoms with Gasteiger partial charge in [0.2, 0.25) is 17.5 Å². The number of benzene rings is 1. The number of carbonyl (C=O) groups is 1. The van der Waals surface area contributed by atoms with Gasteiger partial charge in [-0.2, -0.15) is 18.2 Å². The standard InChI is InChI=1S/C12H7F5N2O2/c13-10(14)8(20)5-9-18-11(19-21-9)6-2-1-3-7(4-6)12(15,16)17/h1-4,10H,5H2. The molecule has 9 heteroatoms. The van der Waals surface area contributed by atoms with Gasteiger partial charge in [-0.3, -0.25) is 4.79 Å². The summed E-state index contributed by atoms with van der Waals surface area (Å²) < 4.78 is 66.4. The van der Waals surface area contributed by atoms with Gasteiger partial charge in [0, 0.05) is 5.56 Å². The first-order valence-corrected chi connectivity index (χ1v) is 5.58. The van der Waals surface area contributed by atoms with E-state index in [-0.39, 0.29) is 17.3 Å². The Morgan fingerprint density at radius 2 is 2.00 bits per heavy atom. The summed E-state index contributed by atoms with van der Waals surface area (Å²) in [6.45, 7) is 0. The number of halogens is 5. The topological polar surface area (TPSA) is 56.0 Å². The molecule has 0 unspecified atom stereocenters. The molecule has 0 atom stereocenters. The third-order valence-electron chi connectivity index (χ3n) is 2.49. The van der Waals surface area contributed by atoms with E-state index in [1.807, 2.05) is 0 Å². The van der Waals surface area contributed by atoms with Gasteiger partial charge in [0.05, 0.1) is 12.0 Å². The third kappa shape index (κ3) is 3.61. The molecule has 0 spiro atoms. The maximum Gasteiger partial charge on any atom is 0.416 e. The number of carbonyl (C=O) groups excluding carboxylic acids is 1. The average molecular weight is 306 g/mol. The zero-order chi connectivity index (χ0) is 15.6. The predicted octanol–water partition coefficient (Wildman–Crippen LogP) is 3.13. The molecule has 0 aliphatic heterocycles. The van der Waals surface area contributed by atoms with Gasteiger partial charge in [-0.25, -0.2) is 8.78 Å². The maximum atomic E-state index is 12.6. The summed E-state index contributed by atoms with van der Waals surface area (Å²) in [4.78, 5) is 14.4. The zero-order valence-corrected chi connectivity index (χ0v) is 10.2. The fourth-order valence-corrected chi connectivity index (χ4v) is 1.50. The summed E-state index contributed by atoms with van der Waals surface area (Å²) in [6, 6.07) is 4.12. The number of Topliss-reactive ketones (excluding diaryl/α,β-unsaturated/α-hetero) is 1. The normalized spacial score (nSPS) is 11.9. The molecule has 0 aliphatic carbocycles. The van der Waals surface area contributed by atoms with Gasteiger partial charge >= 0.3 is 6.18 Å². The highest BCUT2D eigenvalue weighted by atomic mass is 19.4. The van der Waals surface area contributed by atoms with E-state index in [0.29, 0.717) is 0 Å². The van der Waals surface area contributed by atoms with E-state index < -0.39 is 30.4 Å². The molecule has 1 heterocycles. The second kappa shape index (κ2) is 5.58. The van der Waals surface area contributed by atoms with E-state index in [1.165, 1.54) is 6.07 Å². The molecule has 0 N–H and O–H groups in total. The maximum absolute atomic E-state index is 12.6. The van der Waals surface area contributed by atoms with Crippen LogP contribution in [-0.4, -0.2) is 22.3 Å². The van der Waals surface area contributed by atoms with Gasteiger partial charge in [-0.15, -0.1) is 0 Å². The molecule has 0 fully saturated rings. The molecule has 2 aromatic rings. The quantitative estimate of drug-likeness (QED) is 0.814. The summed E-state index contributed by atoms with van der Waals surface area (Å²) in [6.07, 6.45) is -8.48. The van der Waals surface area contributed by atoms with Crippen molar-refractivity contribution in [2.45, 2.75) is 19.0 Å². The highest BCUT2D eigenvalue weighted by molar-refractivity contribution is 5.83. The van der Waals surface area contributed by atoms with Crippen LogP contribution in [0.2, 0.25) is 0 Å². The van der Waals surface area contributed by atoms with Crippen LogP contribution >= 0.6 is 0 Å². The lowest BCUT2D eigenvalue weighted by Crippen LogP contribution is -2.12. The minimum atomic E-state index is -4.53. The molecule has 2 rings (SSSR count). The average Bonchev–Trinajstić information content (AvgIpc) is 2.86. The first-order chi connectivity index (χ1) is 9.77. The van der Waals surface area contributed by atoms with E-state index in [9.17, 15) is 26.7 Å². The van der Waals surface area contributed by atoms with Crippen LogP contribution in [0.5, 0.6) is 0 Å². The van der Waals surface area contributed by atoms with Crippen LogP contribution in [0.15, 0.2) is 28.8 Å². The van der Waals surface area contributed by atoms with Crippen LogP contribution < -0.4 is 0 Å². The first-order valence-electron chi connectivity index (χ1n) is 5.58. The highest BCUT2D eigenvalue weighted by Gasteiger charge is 2.30. The van der Waals surface area contributed by atoms with Crippen LogP contribution in [0.3, 0.4) is 0 Å². The minimum Gasteiger partial charge on any atom is -0.338 e. The van der Waals surface area contributed by atoms with Crippen molar-refractivity contribution in [2.75, 3.05) is 0 Å². The minimum absolute atomic E-state index is 0.00400. The lowest BCUT2D eigenvalue weighted by atomic mass is 10.1. The summed E-state index contributed by atoms with van der Waals surface area (Å²) in [7, 11) is 0. The van der Waals surface area contributed by atoms with Crippen molar-refractivity contribution in [1.82, 2.24) is 10.1 Å². The zero-order valence-electron chi connectivity index (χ0n) is 10.2. The number of rotatable bonds is 4. The molecule has 0 amide bonds. The van der Waals surface area contributed by atoms with Crippen molar-refractivity contribution in [3.8, 4) is 11.4 Å². The van der Waals surface area contributed by atoms with Gasteiger partial charge in [-0.05, 0) is 12.1 Å². The van der Waals surface area contributed by atoms with Crippen molar-refractivity contribution in [1.29, 1.82) is 0 Å². The van der Waals surface area contributed by atoms with Gasteiger partial charge < -0.3 is 4.52 Å². The van der Waals surface area contributed by atoms with Crippen LogP contribution in [0, 0.1) is 0 Å². The monoisotopic (exact) mass is 306 g/mol. The second-order valence-corrected chi connectivity index (χ2v) is 4.03. The van der Waals surface area contributed by atoms with Crippen LogP contribution in [0.4, 0.5) is 22.0 Å². The van der Waals surface area contributed by atoms with E-state index in [4.69, 9.17) is 0 Å². The molecule has 0 saturated carbocycles. The lowest BCUT2D eigenvalue weighted by molar-refractivity contribution is -0.137. The Balaban J connectivity index is 2.24. The number of alkyl halides is 5. The molecular weight excluding hydrogens is 299 g/mol. The van der Waals surface area contributed by atoms with E-state index in [1.54, 1.807) is 0 Å². The molecule has 112 valence electrons. The second-order valence-electron chi connectivity index (χ2n) is 4.03. The Hall–Kier alpha value is -2.32. The Morgan fingerprint density at radius 1 is 1.29 bits per heavy atom. The van der Waals surface area contributed by atoms with Crippen molar-refractivity contribution < 1.29 is 31.3 Å². The number of hydrogen-bond donors (Lipinski definition) is 0. The number of ketones is 1. The fourth-order valence-electron chi connectivity index (χ4n) is 1.50. The highest BCUT2D eigenvalue weighted by Crippen LogP contribution is 2.31. The fraction of sp³-hybridized carbons (Fsp3) is 0.250. The van der Waals surface area contributed by atoms with Crippen LogP contribution in [0.25, 0.3) is 11.4 Å². The van der Waals surface area contributed by atoms with Crippen LogP contribution in [0.1, 0.15) is 11.5 Å². The first kappa shape index (κ1) is 15.1. The Labute approximate surface area is 114 Å². The molecule has 4 nitrogen and oxygen atoms in total. The van der Waals surface area contributed by atoms with Crippen molar-refractivity contribution in [2.24, 2.45) is 0 Å². The molecule has 1 aromatic heterocycles. The molecular formula is C12H7F5N2O2. The van der Waals surface area contributed by atoms with Crippen molar-refractivity contribution in [3.05, 3.63) is 35.7 Å². The molecule has 0 saturated heterocycles. The molecule has 0 radical (unpaired) electrons. The van der Waals surface area contributed by atoms with Crippen LogP contribution in [-0.2, 0) is 17.4 Å². The van der Waals surface area contributed by atoms with E-state index in [0.717, 1.165) is 18.2 Å². The Bertz CT molecular complexity index is 651. The summed E-state index contributed by atoms with van der Waals surface area (Å²) in [5.41, 5.74) is -0.903. The van der Waals surface area contributed by atoms with Gasteiger partial charge in [0.25, 0.3) is 6.43 Å². The molecule has 0 bridgehead atoms. The van der Waals surface area contributed by atoms with Gasteiger partial charge in [-0.1, -0.05) is 17.3 Å². The van der Waals surface area contributed by atoms with Crippen molar-refractivity contribution in [3.63, 3.8) is 0 Å².